The number of sulfone groups is 1. The zero-order valence-corrected chi connectivity index (χ0v) is 19.2. The van der Waals surface area contributed by atoms with E-state index in [0.717, 1.165) is 22.0 Å². The number of carbonyl (C=O) groups excluding carboxylic acids is 1. The predicted molar refractivity (Wildman–Crippen MR) is 123 cm³/mol. The number of anilines is 1. The Balaban J connectivity index is 1.67. The molecule has 1 amide bonds. The molecule has 0 bridgehead atoms. The number of nitrogens with zero attached hydrogens (tertiary/aromatic N) is 2. The van der Waals surface area contributed by atoms with Crippen LogP contribution in [0, 0.1) is 6.92 Å². The molecule has 0 fully saturated rings. The monoisotopic (exact) mass is 474 g/mol. The SMILES string of the molecule is Cc1ccc(Cl)c2sc(N(Cc3ccco3)C(=O)Cc3ccc(S(C)(=O)=O)cc3)nc12. The number of furan rings is 1. The van der Waals surface area contributed by atoms with Gasteiger partial charge in [-0.25, -0.2) is 13.4 Å². The number of thiazole rings is 1. The van der Waals surface area contributed by atoms with Crippen LogP contribution in [0.15, 0.2) is 64.1 Å². The van der Waals surface area contributed by atoms with Gasteiger partial charge in [-0.2, -0.15) is 0 Å². The van der Waals surface area contributed by atoms with Gasteiger partial charge >= 0.3 is 0 Å². The number of hydrogen-bond donors (Lipinski definition) is 0. The molecular weight excluding hydrogens is 456 g/mol. The lowest BCUT2D eigenvalue weighted by Crippen LogP contribution is -2.31. The number of hydrogen-bond acceptors (Lipinski definition) is 6. The Kier molecular flexibility index (Phi) is 5.88. The molecule has 31 heavy (non-hydrogen) atoms. The van der Waals surface area contributed by atoms with Crippen LogP contribution in [0.2, 0.25) is 5.02 Å². The van der Waals surface area contributed by atoms with Crippen LogP contribution in [0.25, 0.3) is 10.2 Å². The molecule has 0 aliphatic rings. The minimum absolute atomic E-state index is 0.0907. The number of aryl methyl sites for hydroxylation is 1. The molecule has 160 valence electrons. The van der Waals surface area contributed by atoms with Crippen molar-refractivity contribution in [2.24, 2.45) is 0 Å². The van der Waals surface area contributed by atoms with E-state index in [-0.39, 0.29) is 23.8 Å². The van der Waals surface area contributed by atoms with Gasteiger partial charge < -0.3 is 4.42 Å². The molecule has 0 radical (unpaired) electrons. The van der Waals surface area contributed by atoms with Crippen molar-refractivity contribution in [3.05, 3.63) is 76.7 Å². The number of fused-ring (bicyclic) bond motifs is 1. The molecular formula is C22H19ClN2O4S2. The second-order valence-corrected chi connectivity index (χ2v) is 10.6. The molecule has 4 aromatic rings. The fraction of sp³-hybridized carbons (Fsp3) is 0.182. The Hall–Kier alpha value is -2.68. The van der Waals surface area contributed by atoms with Gasteiger partial charge in [0.25, 0.3) is 0 Å². The van der Waals surface area contributed by atoms with Gasteiger partial charge in [-0.05, 0) is 48.4 Å². The highest BCUT2D eigenvalue weighted by Gasteiger charge is 2.23. The molecule has 0 aliphatic carbocycles. The van der Waals surface area contributed by atoms with Crippen molar-refractivity contribution in [1.82, 2.24) is 4.98 Å². The van der Waals surface area contributed by atoms with Crippen molar-refractivity contribution in [1.29, 1.82) is 0 Å². The first-order valence-electron chi connectivity index (χ1n) is 9.40. The highest BCUT2D eigenvalue weighted by molar-refractivity contribution is 7.90. The molecule has 9 heteroatoms. The Morgan fingerprint density at radius 1 is 1.16 bits per heavy atom. The summed E-state index contributed by atoms with van der Waals surface area (Å²) in [7, 11) is -3.29. The standard InChI is InChI=1S/C22H19ClN2O4S2/c1-14-5-10-18(23)21-20(14)24-22(30-21)25(13-16-4-3-11-29-16)19(26)12-15-6-8-17(9-7-15)31(2,27)28/h3-11H,12-13H2,1-2H3. The minimum Gasteiger partial charge on any atom is -0.467 e. The van der Waals surface area contributed by atoms with Crippen LogP contribution in [0.5, 0.6) is 0 Å². The number of rotatable bonds is 6. The molecule has 2 heterocycles. The highest BCUT2D eigenvalue weighted by atomic mass is 35.5. The first-order valence-corrected chi connectivity index (χ1v) is 12.5. The van der Waals surface area contributed by atoms with Gasteiger partial charge in [0, 0.05) is 6.26 Å². The van der Waals surface area contributed by atoms with Crippen LogP contribution in [-0.4, -0.2) is 25.6 Å². The topological polar surface area (TPSA) is 80.5 Å². The zero-order valence-electron chi connectivity index (χ0n) is 16.8. The van der Waals surface area contributed by atoms with E-state index in [9.17, 15) is 13.2 Å². The largest absolute Gasteiger partial charge is 0.467 e. The molecule has 0 unspecified atom stereocenters. The summed E-state index contributed by atoms with van der Waals surface area (Å²) in [5.41, 5.74) is 2.45. The van der Waals surface area contributed by atoms with E-state index >= 15 is 0 Å². The van der Waals surface area contributed by atoms with Gasteiger partial charge in [-0.1, -0.05) is 41.1 Å². The Morgan fingerprint density at radius 3 is 2.52 bits per heavy atom. The van der Waals surface area contributed by atoms with Crippen molar-refractivity contribution in [3.8, 4) is 0 Å². The molecule has 6 nitrogen and oxygen atoms in total. The van der Waals surface area contributed by atoms with Crippen LogP contribution in [0.3, 0.4) is 0 Å². The number of halogens is 1. The van der Waals surface area contributed by atoms with E-state index < -0.39 is 9.84 Å². The summed E-state index contributed by atoms with van der Waals surface area (Å²) in [5.74, 6) is 0.444. The smallest absolute Gasteiger partial charge is 0.233 e. The third-order valence-corrected chi connectivity index (χ3v) is 7.49. The number of benzene rings is 2. The fourth-order valence-electron chi connectivity index (χ4n) is 3.15. The quantitative estimate of drug-likeness (QED) is 0.391. The van der Waals surface area contributed by atoms with Crippen LogP contribution in [0.1, 0.15) is 16.9 Å². The summed E-state index contributed by atoms with van der Waals surface area (Å²) in [6.45, 7) is 2.17. The van der Waals surface area contributed by atoms with E-state index in [1.54, 1.807) is 35.4 Å². The van der Waals surface area contributed by atoms with Gasteiger partial charge in [-0.15, -0.1) is 0 Å². The maximum atomic E-state index is 13.3. The van der Waals surface area contributed by atoms with Gasteiger partial charge in [-0.3, -0.25) is 9.69 Å². The molecule has 0 saturated carbocycles. The maximum Gasteiger partial charge on any atom is 0.233 e. The van der Waals surface area contributed by atoms with Crippen molar-refractivity contribution in [3.63, 3.8) is 0 Å². The Labute approximate surface area is 189 Å². The van der Waals surface area contributed by atoms with Crippen LogP contribution in [-0.2, 0) is 27.6 Å². The lowest BCUT2D eigenvalue weighted by molar-refractivity contribution is -0.118. The summed E-state index contributed by atoms with van der Waals surface area (Å²) < 4.78 is 29.6. The van der Waals surface area contributed by atoms with E-state index in [0.29, 0.717) is 21.5 Å². The summed E-state index contributed by atoms with van der Waals surface area (Å²) in [6.07, 6.45) is 2.80. The maximum absolute atomic E-state index is 13.3. The van der Waals surface area contributed by atoms with Crippen molar-refractivity contribution >= 4 is 54.0 Å². The van der Waals surface area contributed by atoms with Crippen molar-refractivity contribution < 1.29 is 17.6 Å². The Bertz CT molecular complexity index is 1310. The number of amides is 1. The summed E-state index contributed by atoms with van der Waals surface area (Å²) in [5, 5.41) is 1.12. The summed E-state index contributed by atoms with van der Waals surface area (Å²) >= 11 is 7.70. The van der Waals surface area contributed by atoms with Gasteiger partial charge in [0.15, 0.2) is 15.0 Å². The first-order chi connectivity index (χ1) is 14.7. The van der Waals surface area contributed by atoms with E-state index in [1.165, 1.54) is 23.5 Å². The normalized spacial score (nSPS) is 11.7. The van der Waals surface area contributed by atoms with Gasteiger partial charge in [0.05, 0.1) is 39.4 Å². The summed E-state index contributed by atoms with van der Waals surface area (Å²) in [4.78, 5) is 19.7. The van der Waals surface area contributed by atoms with Gasteiger partial charge in [0.1, 0.15) is 5.76 Å². The van der Waals surface area contributed by atoms with Crippen LogP contribution >= 0.6 is 22.9 Å². The van der Waals surface area contributed by atoms with Crippen LogP contribution in [0.4, 0.5) is 5.13 Å². The fourth-order valence-corrected chi connectivity index (χ4v) is 5.12. The van der Waals surface area contributed by atoms with Gasteiger partial charge in [0.2, 0.25) is 5.91 Å². The number of aromatic nitrogens is 1. The van der Waals surface area contributed by atoms with E-state index in [2.05, 4.69) is 4.98 Å². The molecule has 0 N–H and O–H groups in total. The first kappa shape index (κ1) is 21.5. The third kappa shape index (κ3) is 4.66. The molecule has 0 aliphatic heterocycles. The lowest BCUT2D eigenvalue weighted by Gasteiger charge is -2.19. The average molecular weight is 475 g/mol. The molecule has 0 atom stereocenters. The lowest BCUT2D eigenvalue weighted by atomic mass is 10.1. The number of carbonyl (C=O) groups is 1. The second kappa shape index (κ2) is 8.45. The summed E-state index contributed by atoms with van der Waals surface area (Å²) in [6, 6.07) is 13.6. The van der Waals surface area contributed by atoms with Crippen molar-refractivity contribution in [2.45, 2.75) is 24.8 Å². The predicted octanol–water partition coefficient (Wildman–Crippen LogP) is 5.03. The molecule has 0 saturated heterocycles. The highest BCUT2D eigenvalue weighted by Crippen LogP contribution is 2.36. The van der Waals surface area contributed by atoms with E-state index in [1.807, 2.05) is 19.1 Å². The molecule has 0 spiro atoms. The average Bonchev–Trinajstić information content (AvgIpc) is 3.39. The molecule has 4 rings (SSSR count). The molecule has 2 aromatic carbocycles. The minimum atomic E-state index is -3.29. The van der Waals surface area contributed by atoms with Crippen LogP contribution < -0.4 is 4.90 Å². The second-order valence-electron chi connectivity index (χ2n) is 7.19. The van der Waals surface area contributed by atoms with Crippen molar-refractivity contribution in [2.75, 3.05) is 11.2 Å². The van der Waals surface area contributed by atoms with E-state index in [4.69, 9.17) is 16.0 Å². The zero-order chi connectivity index (χ0) is 22.2. The Morgan fingerprint density at radius 2 is 1.90 bits per heavy atom. The molecule has 2 aromatic heterocycles. The third-order valence-electron chi connectivity index (χ3n) is 4.82.